The number of hydrogen-bond acceptors (Lipinski definition) is 2. The molecule has 0 aliphatic carbocycles. The first-order chi connectivity index (χ1) is 6.33. The van der Waals surface area contributed by atoms with Crippen LogP contribution < -0.4 is 5.32 Å². The SMILES string of the molecule is CCCCCCCC1NC(C)CS1. The van der Waals surface area contributed by atoms with Crippen molar-refractivity contribution < 1.29 is 0 Å². The molecule has 0 aromatic rings. The fourth-order valence-electron chi connectivity index (χ4n) is 1.77. The van der Waals surface area contributed by atoms with E-state index in [4.69, 9.17) is 0 Å². The summed E-state index contributed by atoms with van der Waals surface area (Å²) in [7, 11) is 0. The predicted octanol–water partition coefficient (Wildman–Crippen LogP) is 3.40. The molecule has 0 radical (unpaired) electrons. The number of nitrogens with one attached hydrogen (secondary N) is 1. The van der Waals surface area contributed by atoms with E-state index in [0.29, 0.717) is 0 Å². The largest absolute Gasteiger partial charge is 0.302 e. The second-order valence-corrected chi connectivity index (χ2v) is 5.33. The number of thioether (sulfide) groups is 1. The van der Waals surface area contributed by atoms with Gasteiger partial charge in [0.25, 0.3) is 0 Å². The smallest absolute Gasteiger partial charge is 0.0535 e. The van der Waals surface area contributed by atoms with Gasteiger partial charge in [-0.25, -0.2) is 0 Å². The van der Waals surface area contributed by atoms with Crippen LogP contribution in [0.15, 0.2) is 0 Å². The van der Waals surface area contributed by atoms with Gasteiger partial charge in [-0.3, -0.25) is 0 Å². The van der Waals surface area contributed by atoms with E-state index in [1.54, 1.807) is 0 Å². The van der Waals surface area contributed by atoms with Crippen molar-refractivity contribution in [2.75, 3.05) is 5.75 Å². The minimum Gasteiger partial charge on any atom is -0.302 e. The van der Waals surface area contributed by atoms with Crippen molar-refractivity contribution in [3.8, 4) is 0 Å². The topological polar surface area (TPSA) is 12.0 Å². The molecule has 1 nitrogen and oxygen atoms in total. The minimum absolute atomic E-state index is 0.741. The van der Waals surface area contributed by atoms with Gasteiger partial charge in [-0.05, 0) is 13.3 Å². The number of rotatable bonds is 6. The average Bonchev–Trinajstić information content (AvgIpc) is 2.51. The lowest BCUT2D eigenvalue weighted by molar-refractivity contribution is 0.533. The summed E-state index contributed by atoms with van der Waals surface area (Å²) in [6, 6.07) is 0.741. The Morgan fingerprint density at radius 1 is 1.23 bits per heavy atom. The van der Waals surface area contributed by atoms with Gasteiger partial charge in [0, 0.05) is 11.8 Å². The summed E-state index contributed by atoms with van der Waals surface area (Å²) in [5, 5.41) is 4.37. The zero-order valence-electron chi connectivity index (χ0n) is 9.01. The van der Waals surface area contributed by atoms with Crippen LogP contribution in [-0.2, 0) is 0 Å². The standard InChI is InChI=1S/C11H23NS/c1-3-4-5-6-7-8-11-12-10(2)9-13-11/h10-12H,3-9H2,1-2H3. The molecule has 0 aromatic heterocycles. The Balaban J connectivity index is 1.88. The van der Waals surface area contributed by atoms with E-state index in [1.807, 2.05) is 0 Å². The summed E-state index contributed by atoms with van der Waals surface area (Å²) in [6.07, 6.45) is 8.43. The second kappa shape index (κ2) is 6.72. The summed E-state index contributed by atoms with van der Waals surface area (Å²) in [5.41, 5.74) is 0. The van der Waals surface area contributed by atoms with E-state index >= 15 is 0 Å². The Hall–Kier alpha value is 0.310. The molecule has 1 aliphatic rings. The van der Waals surface area contributed by atoms with Gasteiger partial charge in [-0.2, -0.15) is 0 Å². The van der Waals surface area contributed by atoms with Crippen LogP contribution in [0.5, 0.6) is 0 Å². The highest BCUT2D eigenvalue weighted by atomic mass is 32.2. The van der Waals surface area contributed by atoms with Crippen molar-refractivity contribution in [2.24, 2.45) is 0 Å². The summed E-state index contributed by atoms with van der Waals surface area (Å²) in [5.74, 6) is 1.31. The van der Waals surface area contributed by atoms with Gasteiger partial charge in [0.05, 0.1) is 5.37 Å². The van der Waals surface area contributed by atoms with Crippen molar-refractivity contribution in [1.29, 1.82) is 0 Å². The van der Waals surface area contributed by atoms with Gasteiger partial charge in [0.15, 0.2) is 0 Å². The molecule has 1 aliphatic heterocycles. The fraction of sp³-hybridized carbons (Fsp3) is 1.00. The van der Waals surface area contributed by atoms with E-state index in [0.717, 1.165) is 11.4 Å². The molecule has 78 valence electrons. The van der Waals surface area contributed by atoms with E-state index in [2.05, 4.69) is 30.9 Å². The maximum absolute atomic E-state index is 3.61. The molecule has 0 aromatic carbocycles. The Kier molecular flexibility index (Phi) is 5.88. The first kappa shape index (κ1) is 11.4. The highest BCUT2D eigenvalue weighted by Gasteiger charge is 2.19. The normalized spacial score (nSPS) is 28.2. The molecule has 1 heterocycles. The molecule has 2 unspecified atom stereocenters. The first-order valence-electron chi connectivity index (χ1n) is 5.70. The van der Waals surface area contributed by atoms with Crippen LogP contribution in [0, 0.1) is 0 Å². The lowest BCUT2D eigenvalue weighted by Crippen LogP contribution is -2.26. The van der Waals surface area contributed by atoms with E-state index in [9.17, 15) is 0 Å². The van der Waals surface area contributed by atoms with Crippen LogP contribution in [0.25, 0.3) is 0 Å². The minimum atomic E-state index is 0.741. The molecule has 2 heteroatoms. The van der Waals surface area contributed by atoms with Crippen molar-refractivity contribution >= 4 is 11.8 Å². The molecule has 0 spiro atoms. The molecule has 2 atom stereocenters. The quantitative estimate of drug-likeness (QED) is 0.661. The molecule has 0 amide bonds. The molecule has 1 rings (SSSR count). The molecular formula is C11H23NS. The summed E-state index contributed by atoms with van der Waals surface area (Å²) < 4.78 is 0. The van der Waals surface area contributed by atoms with Crippen molar-refractivity contribution in [3.05, 3.63) is 0 Å². The first-order valence-corrected chi connectivity index (χ1v) is 6.75. The monoisotopic (exact) mass is 201 g/mol. The molecule has 1 N–H and O–H groups in total. The van der Waals surface area contributed by atoms with Gasteiger partial charge < -0.3 is 5.32 Å². The third kappa shape index (κ3) is 4.92. The zero-order chi connectivity index (χ0) is 9.52. The molecule has 1 fully saturated rings. The third-order valence-corrected chi connectivity index (χ3v) is 4.05. The van der Waals surface area contributed by atoms with Gasteiger partial charge in [-0.15, -0.1) is 11.8 Å². The molecular weight excluding hydrogens is 178 g/mol. The van der Waals surface area contributed by atoms with Gasteiger partial charge >= 0.3 is 0 Å². The number of hydrogen-bond donors (Lipinski definition) is 1. The Bertz CT molecular complexity index is 127. The highest BCUT2D eigenvalue weighted by Crippen LogP contribution is 2.23. The summed E-state index contributed by atoms with van der Waals surface area (Å²) in [6.45, 7) is 4.56. The highest BCUT2D eigenvalue weighted by molar-refractivity contribution is 8.00. The van der Waals surface area contributed by atoms with Crippen LogP contribution in [0.3, 0.4) is 0 Å². The van der Waals surface area contributed by atoms with Gasteiger partial charge in [-0.1, -0.05) is 39.0 Å². The van der Waals surface area contributed by atoms with Crippen LogP contribution in [0.1, 0.15) is 52.4 Å². The van der Waals surface area contributed by atoms with Crippen molar-refractivity contribution in [2.45, 2.75) is 63.8 Å². The predicted molar refractivity (Wildman–Crippen MR) is 62.2 cm³/mol. The Morgan fingerprint density at radius 3 is 2.62 bits per heavy atom. The van der Waals surface area contributed by atoms with Crippen LogP contribution in [-0.4, -0.2) is 17.2 Å². The van der Waals surface area contributed by atoms with E-state index < -0.39 is 0 Å². The van der Waals surface area contributed by atoms with Crippen molar-refractivity contribution in [3.63, 3.8) is 0 Å². The van der Waals surface area contributed by atoms with Crippen LogP contribution >= 0.6 is 11.8 Å². The maximum atomic E-state index is 3.61. The van der Waals surface area contributed by atoms with Crippen LogP contribution in [0.4, 0.5) is 0 Å². The zero-order valence-corrected chi connectivity index (χ0v) is 9.83. The molecule has 1 saturated heterocycles. The lowest BCUT2D eigenvalue weighted by Gasteiger charge is -2.09. The second-order valence-electron chi connectivity index (χ2n) is 4.09. The maximum Gasteiger partial charge on any atom is 0.0535 e. The fourth-order valence-corrected chi connectivity index (χ4v) is 3.05. The Morgan fingerprint density at radius 2 is 2.00 bits per heavy atom. The Labute approximate surface area is 87.1 Å². The molecule has 13 heavy (non-hydrogen) atoms. The van der Waals surface area contributed by atoms with Gasteiger partial charge in [0.2, 0.25) is 0 Å². The summed E-state index contributed by atoms with van der Waals surface area (Å²) in [4.78, 5) is 0. The van der Waals surface area contributed by atoms with Gasteiger partial charge in [0.1, 0.15) is 0 Å². The lowest BCUT2D eigenvalue weighted by atomic mass is 10.1. The molecule has 0 saturated carbocycles. The number of unbranched alkanes of at least 4 members (excludes halogenated alkanes) is 4. The van der Waals surface area contributed by atoms with E-state index in [-0.39, 0.29) is 0 Å². The van der Waals surface area contributed by atoms with Crippen molar-refractivity contribution in [1.82, 2.24) is 5.32 Å². The summed E-state index contributed by atoms with van der Waals surface area (Å²) >= 11 is 2.10. The average molecular weight is 201 g/mol. The third-order valence-electron chi connectivity index (χ3n) is 2.59. The van der Waals surface area contributed by atoms with Crippen LogP contribution in [0.2, 0.25) is 0 Å². The molecule has 0 bridgehead atoms. The van der Waals surface area contributed by atoms with E-state index in [1.165, 1.54) is 44.3 Å².